The van der Waals surface area contributed by atoms with Crippen molar-refractivity contribution in [1.82, 2.24) is 9.97 Å². The van der Waals surface area contributed by atoms with Crippen LogP contribution in [0, 0.1) is 6.92 Å². The summed E-state index contributed by atoms with van der Waals surface area (Å²) in [5.74, 6) is 1.08. The fourth-order valence-corrected chi connectivity index (χ4v) is 1.56. The summed E-state index contributed by atoms with van der Waals surface area (Å²) in [6.07, 6.45) is 4.23. The first-order chi connectivity index (χ1) is 6.86. The van der Waals surface area contributed by atoms with E-state index in [2.05, 4.69) is 14.9 Å². The van der Waals surface area contributed by atoms with Crippen LogP contribution in [0.1, 0.15) is 32.4 Å². The molecule has 1 aromatic heterocycles. The van der Waals surface area contributed by atoms with Crippen molar-refractivity contribution in [3.8, 4) is 0 Å². The lowest BCUT2D eigenvalue weighted by Crippen LogP contribution is -2.19. The summed E-state index contributed by atoms with van der Waals surface area (Å²) in [5.41, 5.74) is 1.05. The lowest BCUT2D eigenvalue weighted by Gasteiger charge is -2.15. The molecule has 1 aliphatic rings. The fraction of sp³-hybridized carbons (Fsp3) is 0.636. The number of hydrogen-bond acceptors (Lipinski definition) is 3. The Morgan fingerprint density at radius 3 is 2.36 bits per heavy atom. The molecule has 14 heavy (non-hydrogen) atoms. The van der Waals surface area contributed by atoms with Crippen molar-refractivity contribution in [3.05, 3.63) is 18.1 Å². The number of hydrogen-bond donors (Lipinski definition) is 0. The zero-order chi connectivity index (χ0) is 10.4. The molecule has 0 radical (unpaired) electrons. The monoisotopic (exact) mass is 193 g/mol. The normalized spacial score (nSPS) is 14.9. The standard InChI is InChI=1S/C9H13N3.C2H6/c1-8-6-9(11-7-10-8)12-4-2-3-5-12;1-2/h6-7H,2-5H2,1H3;1-2H3. The van der Waals surface area contributed by atoms with Gasteiger partial charge in [-0.25, -0.2) is 9.97 Å². The summed E-state index contributed by atoms with van der Waals surface area (Å²) >= 11 is 0. The van der Waals surface area contributed by atoms with E-state index in [4.69, 9.17) is 0 Å². The number of anilines is 1. The molecule has 0 bridgehead atoms. The Bertz CT molecular complexity index is 267. The molecule has 3 heteroatoms. The summed E-state index contributed by atoms with van der Waals surface area (Å²) < 4.78 is 0. The first-order valence-electron chi connectivity index (χ1n) is 5.40. The maximum atomic E-state index is 4.24. The molecule has 3 nitrogen and oxygen atoms in total. The minimum absolute atomic E-state index is 1.05. The van der Waals surface area contributed by atoms with Crippen LogP contribution < -0.4 is 4.90 Å². The van der Waals surface area contributed by atoms with E-state index in [0.717, 1.165) is 24.6 Å². The summed E-state index contributed by atoms with van der Waals surface area (Å²) in [6, 6.07) is 2.05. The van der Waals surface area contributed by atoms with Crippen molar-refractivity contribution in [2.75, 3.05) is 18.0 Å². The van der Waals surface area contributed by atoms with E-state index in [9.17, 15) is 0 Å². The zero-order valence-electron chi connectivity index (χ0n) is 9.32. The van der Waals surface area contributed by atoms with Crippen molar-refractivity contribution in [2.45, 2.75) is 33.6 Å². The molecule has 2 rings (SSSR count). The van der Waals surface area contributed by atoms with Gasteiger partial charge in [0.15, 0.2) is 0 Å². The fourth-order valence-electron chi connectivity index (χ4n) is 1.56. The number of rotatable bonds is 1. The van der Waals surface area contributed by atoms with Crippen LogP contribution >= 0.6 is 0 Å². The van der Waals surface area contributed by atoms with E-state index in [1.807, 2.05) is 26.8 Å². The Kier molecular flexibility index (Phi) is 4.36. The van der Waals surface area contributed by atoms with Gasteiger partial charge in [0.2, 0.25) is 0 Å². The highest BCUT2D eigenvalue weighted by Gasteiger charge is 2.12. The summed E-state index contributed by atoms with van der Waals surface area (Å²) in [5, 5.41) is 0. The third kappa shape index (κ3) is 2.69. The highest BCUT2D eigenvalue weighted by atomic mass is 15.2. The molecule has 2 heterocycles. The molecule has 1 aliphatic heterocycles. The van der Waals surface area contributed by atoms with Gasteiger partial charge in [-0.3, -0.25) is 0 Å². The van der Waals surface area contributed by atoms with Crippen LogP contribution in [-0.2, 0) is 0 Å². The molecule has 0 atom stereocenters. The van der Waals surface area contributed by atoms with Gasteiger partial charge in [-0.15, -0.1) is 0 Å². The van der Waals surface area contributed by atoms with E-state index in [-0.39, 0.29) is 0 Å². The zero-order valence-corrected chi connectivity index (χ0v) is 9.32. The molecule has 1 aromatic rings. The molecule has 78 valence electrons. The number of aryl methyl sites for hydroxylation is 1. The van der Waals surface area contributed by atoms with Gasteiger partial charge in [-0.05, 0) is 19.8 Å². The molecule has 0 N–H and O–H groups in total. The predicted octanol–water partition coefficient (Wildman–Crippen LogP) is 2.41. The quantitative estimate of drug-likeness (QED) is 0.686. The average Bonchev–Trinajstić information content (AvgIpc) is 2.74. The molecule has 0 aliphatic carbocycles. The summed E-state index contributed by atoms with van der Waals surface area (Å²) in [7, 11) is 0. The third-order valence-electron chi connectivity index (χ3n) is 2.22. The molecule has 0 amide bonds. The van der Waals surface area contributed by atoms with Crippen molar-refractivity contribution in [3.63, 3.8) is 0 Å². The van der Waals surface area contributed by atoms with Gasteiger partial charge in [0.1, 0.15) is 12.1 Å². The lowest BCUT2D eigenvalue weighted by atomic mass is 10.4. The Hall–Kier alpha value is -1.12. The second-order valence-corrected chi connectivity index (χ2v) is 3.21. The van der Waals surface area contributed by atoms with Crippen LogP contribution in [0.2, 0.25) is 0 Å². The Morgan fingerprint density at radius 2 is 1.79 bits per heavy atom. The molecule has 0 spiro atoms. The highest BCUT2D eigenvalue weighted by Crippen LogP contribution is 2.16. The van der Waals surface area contributed by atoms with Crippen molar-refractivity contribution in [1.29, 1.82) is 0 Å². The maximum absolute atomic E-state index is 4.24. The smallest absolute Gasteiger partial charge is 0.132 e. The van der Waals surface area contributed by atoms with E-state index in [1.54, 1.807) is 6.33 Å². The van der Waals surface area contributed by atoms with E-state index < -0.39 is 0 Å². The first-order valence-corrected chi connectivity index (χ1v) is 5.40. The van der Waals surface area contributed by atoms with Gasteiger partial charge in [0.25, 0.3) is 0 Å². The Balaban J connectivity index is 0.000000461. The van der Waals surface area contributed by atoms with E-state index in [0.29, 0.717) is 0 Å². The van der Waals surface area contributed by atoms with Gasteiger partial charge in [-0.1, -0.05) is 13.8 Å². The number of nitrogens with zero attached hydrogens (tertiary/aromatic N) is 3. The van der Waals surface area contributed by atoms with Crippen LogP contribution in [0.5, 0.6) is 0 Å². The molecule has 0 saturated carbocycles. The van der Waals surface area contributed by atoms with Crippen LogP contribution in [0.25, 0.3) is 0 Å². The highest BCUT2D eigenvalue weighted by molar-refractivity contribution is 5.39. The predicted molar refractivity (Wildman–Crippen MR) is 59.6 cm³/mol. The minimum atomic E-state index is 1.05. The van der Waals surface area contributed by atoms with E-state index in [1.165, 1.54) is 12.8 Å². The van der Waals surface area contributed by atoms with Gasteiger partial charge in [-0.2, -0.15) is 0 Å². The van der Waals surface area contributed by atoms with Crippen LogP contribution in [-0.4, -0.2) is 23.1 Å². The van der Waals surface area contributed by atoms with Crippen LogP contribution in [0.3, 0.4) is 0 Å². The van der Waals surface area contributed by atoms with Gasteiger partial charge in [0, 0.05) is 24.8 Å². The second-order valence-electron chi connectivity index (χ2n) is 3.21. The Labute approximate surface area is 86.2 Å². The van der Waals surface area contributed by atoms with Crippen molar-refractivity contribution >= 4 is 5.82 Å². The third-order valence-corrected chi connectivity index (χ3v) is 2.22. The molecule has 0 aromatic carbocycles. The van der Waals surface area contributed by atoms with E-state index >= 15 is 0 Å². The van der Waals surface area contributed by atoms with Crippen molar-refractivity contribution < 1.29 is 0 Å². The topological polar surface area (TPSA) is 29.0 Å². The summed E-state index contributed by atoms with van der Waals surface area (Å²) in [4.78, 5) is 10.6. The van der Waals surface area contributed by atoms with Crippen LogP contribution in [0.4, 0.5) is 5.82 Å². The van der Waals surface area contributed by atoms with Gasteiger partial charge in [0.05, 0.1) is 0 Å². The molecular formula is C11H19N3. The van der Waals surface area contributed by atoms with Crippen molar-refractivity contribution in [2.24, 2.45) is 0 Å². The average molecular weight is 193 g/mol. The van der Waals surface area contributed by atoms with Gasteiger partial charge >= 0.3 is 0 Å². The minimum Gasteiger partial charge on any atom is -0.357 e. The molecule has 1 fully saturated rings. The first kappa shape index (κ1) is 11.0. The second kappa shape index (κ2) is 5.58. The van der Waals surface area contributed by atoms with Crippen LogP contribution in [0.15, 0.2) is 12.4 Å². The molecule has 1 saturated heterocycles. The molecule has 0 unspecified atom stereocenters. The maximum Gasteiger partial charge on any atom is 0.132 e. The summed E-state index contributed by atoms with van der Waals surface area (Å²) in [6.45, 7) is 8.30. The SMILES string of the molecule is CC.Cc1cc(N2CCCC2)ncn1. The van der Waals surface area contributed by atoms with Gasteiger partial charge < -0.3 is 4.90 Å². The lowest BCUT2D eigenvalue weighted by molar-refractivity contribution is 0.920. The molecular weight excluding hydrogens is 174 g/mol. The largest absolute Gasteiger partial charge is 0.357 e. The Morgan fingerprint density at radius 1 is 1.14 bits per heavy atom. The number of aromatic nitrogens is 2.